The summed E-state index contributed by atoms with van der Waals surface area (Å²) in [4.78, 5) is 0. The molecule has 0 fully saturated rings. The van der Waals surface area contributed by atoms with E-state index in [4.69, 9.17) is 8.83 Å². The predicted molar refractivity (Wildman–Crippen MR) is 220 cm³/mol. The summed E-state index contributed by atoms with van der Waals surface area (Å²) < 4.78 is 17.5. The Hall–Kier alpha value is -7.55. The zero-order valence-corrected chi connectivity index (χ0v) is 28.7. The monoisotopic (exact) mass is 689 g/mol. The molecule has 4 aromatic heterocycles. The lowest BCUT2D eigenvalue weighted by Crippen LogP contribution is -1.97. The standard InChI is InChI=1S/C49H27N3O2/c50-28-30-27-32(52-41-14-6-2-12-39(41)47-43(52)26-24-37-35-10-4-8-16-45(35)54-49(37)47)21-22-33(30)29-17-19-31(20-18-29)51-40-13-5-1-11-38(40)46-42(51)25-23-36-34-9-3-7-15-44(34)53-48(36)46/h1-27H. The number of rotatable bonds is 3. The van der Waals surface area contributed by atoms with Crippen molar-refractivity contribution < 1.29 is 8.83 Å². The predicted octanol–water partition coefficient (Wildman–Crippen LogP) is 13.2. The van der Waals surface area contributed by atoms with Crippen molar-refractivity contribution in [2.75, 3.05) is 0 Å². The maximum absolute atomic E-state index is 10.5. The van der Waals surface area contributed by atoms with Crippen LogP contribution in [0.25, 0.3) is 110 Å². The number of para-hydroxylation sites is 4. The second-order valence-electron chi connectivity index (χ2n) is 14.0. The van der Waals surface area contributed by atoms with Gasteiger partial charge in [0.2, 0.25) is 0 Å². The highest BCUT2D eigenvalue weighted by molar-refractivity contribution is 6.25. The van der Waals surface area contributed by atoms with Crippen molar-refractivity contribution in [3.63, 3.8) is 0 Å². The van der Waals surface area contributed by atoms with Crippen LogP contribution < -0.4 is 0 Å². The van der Waals surface area contributed by atoms with Gasteiger partial charge < -0.3 is 18.0 Å². The molecule has 4 heterocycles. The minimum Gasteiger partial charge on any atom is -0.455 e. The van der Waals surface area contributed by atoms with E-state index in [0.29, 0.717) is 5.56 Å². The average Bonchev–Trinajstić information content (AvgIpc) is 3.98. The first-order valence-electron chi connectivity index (χ1n) is 18.1. The average molecular weight is 690 g/mol. The number of benzene rings is 8. The molecule has 0 atom stereocenters. The molecule has 5 nitrogen and oxygen atoms in total. The Kier molecular flexibility index (Phi) is 5.78. The molecule has 0 amide bonds. The van der Waals surface area contributed by atoms with Gasteiger partial charge in [0.05, 0.1) is 44.5 Å². The van der Waals surface area contributed by atoms with Gasteiger partial charge in [0.15, 0.2) is 0 Å². The minimum absolute atomic E-state index is 0.611. The molecule has 8 aromatic carbocycles. The van der Waals surface area contributed by atoms with Crippen LogP contribution in [0.3, 0.4) is 0 Å². The fourth-order valence-corrected chi connectivity index (χ4v) is 8.83. The topological polar surface area (TPSA) is 59.9 Å². The first-order valence-corrected chi connectivity index (χ1v) is 18.1. The summed E-state index contributed by atoms with van der Waals surface area (Å²) >= 11 is 0. The quantitative estimate of drug-likeness (QED) is 0.185. The van der Waals surface area contributed by atoms with E-state index in [2.05, 4.69) is 143 Å². The van der Waals surface area contributed by atoms with Gasteiger partial charge in [-0.2, -0.15) is 5.26 Å². The maximum atomic E-state index is 10.5. The summed E-state index contributed by atoms with van der Waals surface area (Å²) in [5.74, 6) is 0. The van der Waals surface area contributed by atoms with E-state index in [1.54, 1.807) is 0 Å². The number of hydrogen-bond donors (Lipinski definition) is 0. The lowest BCUT2D eigenvalue weighted by molar-refractivity contribution is 0.672. The highest BCUT2D eigenvalue weighted by Crippen LogP contribution is 2.43. The third-order valence-electron chi connectivity index (χ3n) is 11.2. The van der Waals surface area contributed by atoms with Crippen molar-refractivity contribution in [3.05, 3.63) is 169 Å². The fraction of sp³-hybridized carbons (Fsp3) is 0. The summed E-state index contributed by atoms with van der Waals surface area (Å²) in [5.41, 5.74) is 12.3. The molecule has 250 valence electrons. The normalized spacial score (nSPS) is 12.1. The van der Waals surface area contributed by atoms with E-state index in [9.17, 15) is 5.26 Å². The van der Waals surface area contributed by atoms with Crippen molar-refractivity contribution in [3.8, 4) is 28.6 Å². The summed E-state index contributed by atoms with van der Waals surface area (Å²) in [6.45, 7) is 0. The van der Waals surface area contributed by atoms with E-state index in [1.165, 1.54) is 0 Å². The van der Waals surface area contributed by atoms with Crippen LogP contribution in [0.1, 0.15) is 5.56 Å². The third-order valence-corrected chi connectivity index (χ3v) is 11.2. The largest absolute Gasteiger partial charge is 0.455 e. The van der Waals surface area contributed by atoms with Gasteiger partial charge in [-0.1, -0.05) is 91.0 Å². The third kappa shape index (κ3) is 3.86. The summed E-state index contributed by atoms with van der Waals surface area (Å²) in [6.07, 6.45) is 0. The first-order chi connectivity index (χ1) is 26.7. The molecule has 0 aliphatic rings. The zero-order chi connectivity index (χ0) is 35.5. The fourth-order valence-electron chi connectivity index (χ4n) is 8.83. The summed E-state index contributed by atoms with van der Waals surface area (Å²) in [7, 11) is 0. The molecule has 12 aromatic rings. The van der Waals surface area contributed by atoms with E-state index < -0.39 is 0 Å². The van der Waals surface area contributed by atoms with Crippen LogP contribution in [0.2, 0.25) is 0 Å². The molecule has 0 bridgehead atoms. The van der Waals surface area contributed by atoms with Crippen molar-refractivity contribution >= 4 is 87.5 Å². The number of fused-ring (bicyclic) bond motifs is 14. The highest BCUT2D eigenvalue weighted by Gasteiger charge is 2.21. The number of hydrogen-bond acceptors (Lipinski definition) is 3. The number of aromatic nitrogens is 2. The van der Waals surface area contributed by atoms with Crippen molar-refractivity contribution in [2.24, 2.45) is 0 Å². The smallest absolute Gasteiger partial charge is 0.145 e. The van der Waals surface area contributed by atoms with Crippen molar-refractivity contribution in [1.29, 1.82) is 5.26 Å². The number of nitriles is 1. The Morgan fingerprint density at radius 1 is 0.407 bits per heavy atom. The second-order valence-corrected chi connectivity index (χ2v) is 14.0. The SMILES string of the molecule is N#Cc1cc(-n2c3ccccc3c3c4oc5ccccc5c4ccc32)ccc1-c1ccc(-n2c3ccccc3c3c4oc5ccccc5c4ccc32)cc1. The summed E-state index contributed by atoms with van der Waals surface area (Å²) in [6, 6.07) is 59.2. The molecule has 0 spiro atoms. The second kappa shape index (κ2) is 10.7. The maximum Gasteiger partial charge on any atom is 0.145 e. The van der Waals surface area contributed by atoms with Gasteiger partial charge in [-0.25, -0.2) is 0 Å². The van der Waals surface area contributed by atoms with E-state index >= 15 is 0 Å². The zero-order valence-electron chi connectivity index (χ0n) is 28.7. The Balaban J connectivity index is 0.993. The molecule has 0 N–H and O–H groups in total. The molecule has 54 heavy (non-hydrogen) atoms. The summed E-state index contributed by atoms with van der Waals surface area (Å²) in [5, 5.41) is 19.4. The molecule has 12 rings (SSSR count). The molecule has 0 unspecified atom stereocenters. The van der Waals surface area contributed by atoms with Crippen LogP contribution in [0, 0.1) is 11.3 Å². The molecule has 0 saturated carbocycles. The van der Waals surface area contributed by atoms with Crippen LogP contribution in [-0.2, 0) is 0 Å². The number of nitrogens with zero attached hydrogens (tertiary/aromatic N) is 3. The van der Waals surface area contributed by atoms with Crippen LogP contribution in [0.5, 0.6) is 0 Å². The Morgan fingerprint density at radius 3 is 1.44 bits per heavy atom. The lowest BCUT2D eigenvalue weighted by atomic mass is 9.99. The van der Waals surface area contributed by atoms with Gasteiger partial charge in [0.25, 0.3) is 0 Å². The van der Waals surface area contributed by atoms with Gasteiger partial charge in [-0.3, -0.25) is 0 Å². The Labute approximate surface area is 307 Å². The van der Waals surface area contributed by atoms with E-state index in [-0.39, 0.29) is 0 Å². The Bertz CT molecular complexity index is 3570. The van der Waals surface area contributed by atoms with E-state index in [0.717, 1.165) is 110 Å². The molecular weight excluding hydrogens is 663 g/mol. The molecule has 0 radical (unpaired) electrons. The lowest BCUT2D eigenvalue weighted by Gasteiger charge is -2.12. The van der Waals surface area contributed by atoms with Crippen molar-refractivity contribution in [1.82, 2.24) is 9.13 Å². The Morgan fingerprint density at radius 2 is 0.889 bits per heavy atom. The molecule has 0 aliphatic carbocycles. The van der Waals surface area contributed by atoms with Gasteiger partial charge in [0.1, 0.15) is 22.3 Å². The van der Waals surface area contributed by atoms with E-state index in [1.807, 2.05) is 36.4 Å². The van der Waals surface area contributed by atoms with Crippen LogP contribution >= 0.6 is 0 Å². The highest BCUT2D eigenvalue weighted by atomic mass is 16.3. The molecule has 0 aliphatic heterocycles. The van der Waals surface area contributed by atoms with Crippen molar-refractivity contribution in [2.45, 2.75) is 0 Å². The van der Waals surface area contributed by atoms with Gasteiger partial charge in [-0.05, 0) is 83.9 Å². The molecular formula is C49H27N3O2. The van der Waals surface area contributed by atoms with Gasteiger partial charge >= 0.3 is 0 Å². The minimum atomic E-state index is 0.611. The van der Waals surface area contributed by atoms with Crippen LogP contribution in [0.4, 0.5) is 0 Å². The first kappa shape index (κ1) is 29.1. The van der Waals surface area contributed by atoms with Gasteiger partial charge in [0, 0.05) is 43.7 Å². The number of furan rings is 2. The molecule has 5 heteroatoms. The molecule has 0 saturated heterocycles. The van der Waals surface area contributed by atoms with Crippen LogP contribution in [0.15, 0.2) is 173 Å². The van der Waals surface area contributed by atoms with Crippen LogP contribution in [-0.4, -0.2) is 9.13 Å². The van der Waals surface area contributed by atoms with Gasteiger partial charge in [-0.15, -0.1) is 0 Å².